The van der Waals surface area contributed by atoms with Crippen molar-refractivity contribution in [2.24, 2.45) is 11.8 Å². The molecule has 5 rings (SSSR count). The zero-order valence-electron chi connectivity index (χ0n) is 19.9. The van der Waals surface area contributed by atoms with E-state index in [-0.39, 0.29) is 11.4 Å². The smallest absolute Gasteiger partial charge is 0.296 e. The van der Waals surface area contributed by atoms with Gasteiger partial charge >= 0.3 is 0 Å². The van der Waals surface area contributed by atoms with Crippen LogP contribution in [0, 0.1) is 35.5 Å². The number of amides is 1. The number of carbonyl (C=O) groups excluding carboxylic acids is 1. The van der Waals surface area contributed by atoms with E-state index >= 15 is 0 Å². The Bertz CT molecular complexity index is 1330. The molecule has 2 bridgehead atoms. The number of carbonyl (C=O) groups is 1. The third-order valence-corrected chi connectivity index (χ3v) is 7.30. The van der Waals surface area contributed by atoms with Crippen molar-refractivity contribution in [2.75, 3.05) is 11.9 Å². The fraction of sp³-hybridized carbons (Fsp3) is 0.407. The highest BCUT2D eigenvalue weighted by atomic mass is 16.5. The van der Waals surface area contributed by atoms with Crippen molar-refractivity contribution in [3.63, 3.8) is 0 Å². The number of fused-ring (bicyclic) bond motifs is 3. The summed E-state index contributed by atoms with van der Waals surface area (Å²) in [4.78, 5) is 16.5. The second-order valence-corrected chi connectivity index (χ2v) is 9.75. The Morgan fingerprint density at radius 3 is 2.71 bits per heavy atom. The highest BCUT2D eigenvalue weighted by Gasteiger charge is 2.48. The summed E-state index contributed by atoms with van der Waals surface area (Å²) in [5.41, 5.74) is 2.71. The van der Waals surface area contributed by atoms with Gasteiger partial charge in [-0.15, -0.1) is 6.42 Å². The fourth-order valence-electron chi connectivity index (χ4n) is 5.97. The lowest BCUT2D eigenvalue weighted by molar-refractivity contribution is -0.118. The summed E-state index contributed by atoms with van der Waals surface area (Å²) in [7, 11) is 0. The number of nitrogens with zero attached hydrogens (tertiary/aromatic N) is 4. The lowest BCUT2D eigenvalue weighted by Gasteiger charge is -2.43. The molecule has 3 heterocycles. The number of anilines is 1. The first-order chi connectivity index (χ1) is 16.9. The number of pyridine rings is 2. The van der Waals surface area contributed by atoms with Crippen LogP contribution in [0.2, 0.25) is 0 Å². The number of hydrogen-bond acceptors (Lipinski definition) is 6. The molecule has 2 fully saturated rings. The normalized spacial score (nSPS) is 25.0. The standard InChI is InChI=1S/C27H28N6O2/c1-4-24(34)32-27(3)11-17-6-7-18(12-27)25(17)31-23-9-8-19(14-29-23)22-10-21(35-5-2)16-33-26(22)20(13-28)15-30-33/h1,8-10,14-18,25H,5-7,11-12H2,2-3H3,(H,29,31)(H,32,34). The lowest BCUT2D eigenvalue weighted by Crippen LogP contribution is -2.53. The molecular formula is C27H28N6O2. The minimum atomic E-state index is -0.337. The fourth-order valence-corrected chi connectivity index (χ4v) is 5.97. The van der Waals surface area contributed by atoms with Gasteiger partial charge in [0.2, 0.25) is 0 Å². The quantitative estimate of drug-likeness (QED) is 0.534. The summed E-state index contributed by atoms with van der Waals surface area (Å²) in [6, 6.07) is 8.46. The third kappa shape index (κ3) is 4.28. The first kappa shape index (κ1) is 22.7. The number of ether oxygens (including phenoxy) is 1. The van der Waals surface area contributed by atoms with Gasteiger partial charge in [0.05, 0.1) is 30.1 Å². The molecule has 0 radical (unpaired) electrons. The van der Waals surface area contributed by atoms with Crippen LogP contribution in [0.3, 0.4) is 0 Å². The summed E-state index contributed by atoms with van der Waals surface area (Å²) < 4.78 is 7.39. The van der Waals surface area contributed by atoms with Gasteiger partial charge in [0.1, 0.15) is 17.6 Å². The molecule has 2 unspecified atom stereocenters. The molecule has 3 aromatic rings. The van der Waals surface area contributed by atoms with Gasteiger partial charge < -0.3 is 15.4 Å². The van der Waals surface area contributed by atoms with Crippen molar-refractivity contribution in [1.82, 2.24) is 19.9 Å². The van der Waals surface area contributed by atoms with Gasteiger partial charge in [0.15, 0.2) is 0 Å². The maximum atomic E-state index is 11.8. The van der Waals surface area contributed by atoms with Crippen LogP contribution in [0.1, 0.15) is 45.1 Å². The molecule has 0 spiro atoms. The Kier molecular flexibility index (Phi) is 5.82. The summed E-state index contributed by atoms with van der Waals surface area (Å²) in [5, 5.41) is 20.6. The molecule has 0 saturated heterocycles. The van der Waals surface area contributed by atoms with Crippen LogP contribution in [0.25, 0.3) is 16.6 Å². The maximum absolute atomic E-state index is 11.8. The van der Waals surface area contributed by atoms with Gasteiger partial charge in [-0.3, -0.25) is 4.79 Å². The van der Waals surface area contributed by atoms with Crippen LogP contribution < -0.4 is 15.4 Å². The lowest BCUT2D eigenvalue weighted by atomic mass is 9.73. The average molecular weight is 469 g/mol. The number of hydrogen-bond donors (Lipinski definition) is 2. The molecule has 0 aromatic carbocycles. The molecule has 2 atom stereocenters. The van der Waals surface area contributed by atoms with Crippen LogP contribution >= 0.6 is 0 Å². The van der Waals surface area contributed by atoms with Gasteiger partial charge in [-0.2, -0.15) is 10.4 Å². The molecule has 8 nitrogen and oxygen atoms in total. The number of aromatic nitrogens is 3. The Labute approximate surface area is 204 Å². The minimum absolute atomic E-state index is 0.259. The highest BCUT2D eigenvalue weighted by Crippen LogP contribution is 2.47. The van der Waals surface area contributed by atoms with E-state index in [0.29, 0.717) is 35.8 Å². The molecule has 0 aliphatic heterocycles. The number of nitrogens with one attached hydrogen (secondary N) is 2. The number of terminal acetylenes is 1. The van der Waals surface area contributed by atoms with Crippen LogP contribution in [0.5, 0.6) is 5.75 Å². The van der Waals surface area contributed by atoms with E-state index in [2.05, 4.69) is 34.6 Å². The molecule has 8 heteroatoms. The molecule has 2 saturated carbocycles. The van der Waals surface area contributed by atoms with Crippen molar-refractivity contribution in [1.29, 1.82) is 5.26 Å². The van der Waals surface area contributed by atoms with E-state index in [9.17, 15) is 10.1 Å². The Balaban J connectivity index is 1.37. The minimum Gasteiger partial charge on any atom is -0.492 e. The average Bonchev–Trinajstić information content (AvgIpc) is 3.37. The third-order valence-electron chi connectivity index (χ3n) is 7.30. The van der Waals surface area contributed by atoms with E-state index in [1.807, 2.05) is 31.3 Å². The van der Waals surface area contributed by atoms with E-state index in [1.165, 1.54) is 0 Å². The van der Waals surface area contributed by atoms with Crippen molar-refractivity contribution in [3.8, 4) is 35.3 Å². The van der Waals surface area contributed by atoms with Crippen LogP contribution in [0.4, 0.5) is 5.82 Å². The van der Waals surface area contributed by atoms with Gasteiger partial charge in [0.25, 0.3) is 5.91 Å². The number of rotatable bonds is 6. The predicted molar refractivity (Wildman–Crippen MR) is 133 cm³/mol. The first-order valence-electron chi connectivity index (χ1n) is 12.0. The number of nitriles is 1. The van der Waals surface area contributed by atoms with Crippen LogP contribution in [-0.2, 0) is 4.79 Å². The molecule has 2 aliphatic carbocycles. The zero-order chi connectivity index (χ0) is 24.6. The Morgan fingerprint density at radius 1 is 1.31 bits per heavy atom. The Hall–Kier alpha value is -4.04. The van der Waals surface area contributed by atoms with Gasteiger partial charge in [-0.1, -0.05) is 0 Å². The van der Waals surface area contributed by atoms with E-state index in [1.54, 1.807) is 16.9 Å². The van der Waals surface area contributed by atoms with Gasteiger partial charge in [-0.25, -0.2) is 9.50 Å². The summed E-state index contributed by atoms with van der Waals surface area (Å²) in [6.07, 6.45) is 14.5. The van der Waals surface area contributed by atoms with Crippen LogP contribution in [0.15, 0.2) is 36.8 Å². The zero-order valence-corrected chi connectivity index (χ0v) is 19.9. The molecular weight excluding hydrogens is 440 g/mol. The summed E-state index contributed by atoms with van der Waals surface area (Å²) in [6.45, 7) is 4.56. The van der Waals surface area contributed by atoms with E-state index in [0.717, 1.165) is 48.1 Å². The predicted octanol–water partition coefficient (Wildman–Crippen LogP) is 3.78. The second kappa shape index (κ2) is 8.96. The largest absolute Gasteiger partial charge is 0.492 e. The maximum Gasteiger partial charge on any atom is 0.296 e. The molecule has 3 aromatic heterocycles. The SMILES string of the molecule is C#CC(=O)NC1(C)CC2CCC(C1)C2Nc1ccc(-c2cc(OCC)cn3ncc(C#N)c23)cn1. The molecule has 2 aliphatic rings. The van der Waals surface area contributed by atoms with Gasteiger partial charge in [0, 0.05) is 28.9 Å². The first-order valence-corrected chi connectivity index (χ1v) is 12.0. The topological polar surface area (TPSA) is 104 Å². The van der Waals surface area contributed by atoms with E-state index < -0.39 is 0 Å². The van der Waals surface area contributed by atoms with E-state index in [4.69, 9.17) is 16.1 Å². The molecule has 1 amide bonds. The summed E-state index contributed by atoms with van der Waals surface area (Å²) >= 11 is 0. The monoisotopic (exact) mass is 468 g/mol. The highest BCUT2D eigenvalue weighted by molar-refractivity contribution is 5.93. The molecule has 178 valence electrons. The molecule has 2 N–H and O–H groups in total. The second-order valence-electron chi connectivity index (χ2n) is 9.75. The van der Waals surface area contributed by atoms with Crippen molar-refractivity contribution < 1.29 is 9.53 Å². The van der Waals surface area contributed by atoms with Crippen molar-refractivity contribution in [3.05, 3.63) is 42.4 Å². The van der Waals surface area contributed by atoms with Crippen LogP contribution in [-0.4, -0.2) is 38.7 Å². The van der Waals surface area contributed by atoms with Crippen molar-refractivity contribution in [2.45, 2.75) is 51.1 Å². The van der Waals surface area contributed by atoms with Crippen molar-refractivity contribution >= 4 is 17.2 Å². The Morgan fingerprint density at radius 2 is 2.09 bits per heavy atom. The van der Waals surface area contributed by atoms with Gasteiger partial charge in [-0.05, 0) is 75.5 Å². The summed E-state index contributed by atoms with van der Waals surface area (Å²) in [5.74, 6) is 4.24. The molecule has 35 heavy (non-hydrogen) atoms.